The zero-order valence-corrected chi connectivity index (χ0v) is 12.8. The van der Waals surface area contributed by atoms with Gasteiger partial charge in [-0.05, 0) is 38.5 Å². The minimum Gasteiger partial charge on any atom is -0.378 e. The summed E-state index contributed by atoms with van der Waals surface area (Å²) in [4.78, 5) is 0. The second kappa shape index (κ2) is 5.85. The van der Waals surface area contributed by atoms with Crippen LogP contribution in [0.4, 0.5) is 5.69 Å². The lowest BCUT2D eigenvalue weighted by molar-refractivity contribution is 0.623. The first-order valence-corrected chi connectivity index (χ1v) is 7.00. The summed E-state index contributed by atoms with van der Waals surface area (Å²) in [5.41, 5.74) is 3.89. The van der Waals surface area contributed by atoms with Gasteiger partial charge >= 0.3 is 0 Å². The van der Waals surface area contributed by atoms with Crippen LogP contribution < -0.4 is 5.32 Å². The molecule has 1 N–H and O–H groups in total. The van der Waals surface area contributed by atoms with Crippen LogP contribution in [0.5, 0.6) is 0 Å². The topological polar surface area (TPSA) is 29.9 Å². The first-order chi connectivity index (χ1) is 9.02. The Kier molecular flexibility index (Phi) is 4.38. The van der Waals surface area contributed by atoms with Crippen molar-refractivity contribution in [3.05, 3.63) is 45.2 Å². The third kappa shape index (κ3) is 3.04. The predicted molar refractivity (Wildman–Crippen MR) is 81.2 cm³/mol. The van der Waals surface area contributed by atoms with Crippen LogP contribution in [0, 0.1) is 13.8 Å². The molecule has 19 heavy (non-hydrogen) atoms. The fourth-order valence-electron chi connectivity index (χ4n) is 1.98. The maximum absolute atomic E-state index is 6.27. The quantitative estimate of drug-likeness (QED) is 0.904. The molecule has 1 heterocycles. The molecule has 0 fully saturated rings. The summed E-state index contributed by atoms with van der Waals surface area (Å²) in [6.07, 6.45) is 0. The number of nitrogens with zero attached hydrogens (tertiary/aromatic N) is 2. The molecular weight excluding hydrogens is 281 g/mol. The second-order valence-electron chi connectivity index (χ2n) is 4.50. The van der Waals surface area contributed by atoms with Crippen molar-refractivity contribution in [1.82, 2.24) is 9.78 Å². The third-order valence-electron chi connectivity index (χ3n) is 3.02. The number of benzene rings is 1. The van der Waals surface area contributed by atoms with Gasteiger partial charge in [0.05, 0.1) is 33.7 Å². The summed E-state index contributed by atoms with van der Waals surface area (Å²) >= 11 is 12.5. The Hall–Kier alpha value is -1.19. The molecule has 2 aromatic rings. The number of hydrogen-bond acceptors (Lipinski definition) is 2. The van der Waals surface area contributed by atoms with Gasteiger partial charge in [0.15, 0.2) is 0 Å². The molecule has 0 aliphatic heterocycles. The van der Waals surface area contributed by atoms with Gasteiger partial charge in [-0.15, -0.1) is 0 Å². The van der Waals surface area contributed by atoms with Gasteiger partial charge < -0.3 is 5.32 Å². The molecule has 0 aliphatic carbocycles. The largest absolute Gasteiger partial charge is 0.378 e. The zero-order chi connectivity index (χ0) is 14.0. The molecule has 0 radical (unpaired) electrons. The van der Waals surface area contributed by atoms with Gasteiger partial charge in [0.25, 0.3) is 0 Å². The van der Waals surface area contributed by atoms with Crippen LogP contribution in [0.15, 0.2) is 18.2 Å². The van der Waals surface area contributed by atoms with Gasteiger partial charge in [-0.3, -0.25) is 4.68 Å². The second-order valence-corrected chi connectivity index (χ2v) is 5.28. The summed E-state index contributed by atoms with van der Waals surface area (Å²) in [5.74, 6) is 0. The number of halogens is 2. The van der Waals surface area contributed by atoms with E-state index in [1.165, 1.54) is 0 Å². The van der Waals surface area contributed by atoms with Crippen LogP contribution in [0.25, 0.3) is 0 Å². The smallest absolute Gasteiger partial charge is 0.0865 e. The van der Waals surface area contributed by atoms with Gasteiger partial charge in [-0.2, -0.15) is 5.10 Å². The molecule has 0 unspecified atom stereocenters. The Balaban J connectivity index is 2.18. The molecule has 102 valence electrons. The van der Waals surface area contributed by atoms with Gasteiger partial charge in [-0.25, -0.2) is 0 Å². The predicted octanol–water partition coefficient (Wildman–Crippen LogP) is 4.44. The first kappa shape index (κ1) is 14.2. The standard InChI is InChI=1S/C14H17Cl2N3/c1-4-19-13(14(16)10(3)18-19)8-17-12-6-5-9(2)7-11(12)15/h5-7,17H,4,8H2,1-3H3. The van der Waals surface area contributed by atoms with Crippen molar-refractivity contribution in [2.24, 2.45) is 0 Å². The van der Waals surface area contributed by atoms with Crippen molar-refractivity contribution in [2.45, 2.75) is 33.9 Å². The van der Waals surface area contributed by atoms with E-state index in [9.17, 15) is 0 Å². The minimum atomic E-state index is 0.607. The van der Waals surface area contributed by atoms with E-state index in [1.54, 1.807) is 0 Å². The summed E-state index contributed by atoms with van der Waals surface area (Å²) in [6, 6.07) is 5.94. The van der Waals surface area contributed by atoms with E-state index < -0.39 is 0 Å². The average molecular weight is 298 g/mol. The van der Waals surface area contributed by atoms with E-state index in [2.05, 4.69) is 10.4 Å². The van der Waals surface area contributed by atoms with E-state index in [0.29, 0.717) is 6.54 Å². The highest BCUT2D eigenvalue weighted by molar-refractivity contribution is 6.33. The highest BCUT2D eigenvalue weighted by atomic mass is 35.5. The van der Waals surface area contributed by atoms with Crippen LogP contribution in [-0.4, -0.2) is 9.78 Å². The maximum atomic E-state index is 6.27. The highest BCUT2D eigenvalue weighted by Gasteiger charge is 2.12. The van der Waals surface area contributed by atoms with Crippen molar-refractivity contribution in [1.29, 1.82) is 0 Å². The Labute approximate surface area is 123 Å². The number of aryl methyl sites for hydroxylation is 3. The van der Waals surface area contributed by atoms with Gasteiger partial charge in [0.2, 0.25) is 0 Å². The van der Waals surface area contributed by atoms with Crippen molar-refractivity contribution in [2.75, 3.05) is 5.32 Å². The van der Waals surface area contributed by atoms with Crippen molar-refractivity contribution >= 4 is 28.9 Å². The van der Waals surface area contributed by atoms with Gasteiger partial charge in [0.1, 0.15) is 0 Å². The van der Waals surface area contributed by atoms with Gasteiger partial charge in [-0.1, -0.05) is 29.3 Å². The zero-order valence-electron chi connectivity index (χ0n) is 11.3. The number of nitrogens with one attached hydrogen (secondary N) is 1. The van der Waals surface area contributed by atoms with E-state index in [1.807, 2.05) is 43.7 Å². The number of hydrogen-bond donors (Lipinski definition) is 1. The summed E-state index contributed by atoms with van der Waals surface area (Å²) < 4.78 is 1.91. The fraction of sp³-hybridized carbons (Fsp3) is 0.357. The monoisotopic (exact) mass is 297 g/mol. The van der Waals surface area contributed by atoms with Crippen LogP contribution in [0.1, 0.15) is 23.9 Å². The lowest BCUT2D eigenvalue weighted by Gasteiger charge is -2.10. The molecule has 0 saturated carbocycles. The molecule has 0 atom stereocenters. The Morgan fingerprint density at radius 1 is 1.26 bits per heavy atom. The number of aromatic nitrogens is 2. The van der Waals surface area contributed by atoms with E-state index >= 15 is 0 Å². The molecule has 0 aliphatic rings. The van der Waals surface area contributed by atoms with Crippen LogP contribution in [0.2, 0.25) is 10.0 Å². The Morgan fingerprint density at radius 2 is 2.00 bits per heavy atom. The fourth-order valence-corrected chi connectivity index (χ4v) is 2.48. The number of anilines is 1. The normalized spacial score (nSPS) is 10.8. The lowest BCUT2D eigenvalue weighted by Crippen LogP contribution is -2.08. The Bertz CT molecular complexity index is 591. The van der Waals surface area contributed by atoms with Crippen molar-refractivity contribution < 1.29 is 0 Å². The highest BCUT2D eigenvalue weighted by Crippen LogP contribution is 2.25. The van der Waals surface area contributed by atoms with Gasteiger partial charge in [0, 0.05) is 6.54 Å². The summed E-state index contributed by atoms with van der Waals surface area (Å²) in [5, 5.41) is 9.14. The van der Waals surface area contributed by atoms with Crippen LogP contribution >= 0.6 is 23.2 Å². The maximum Gasteiger partial charge on any atom is 0.0865 e. The molecule has 1 aromatic carbocycles. The number of rotatable bonds is 4. The molecule has 0 amide bonds. The van der Waals surface area contributed by atoms with E-state index in [4.69, 9.17) is 23.2 Å². The summed E-state index contributed by atoms with van der Waals surface area (Å²) in [7, 11) is 0. The van der Waals surface area contributed by atoms with Crippen LogP contribution in [0.3, 0.4) is 0 Å². The summed E-state index contributed by atoms with van der Waals surface area (Å²) in [6.45, 7) is 7.38. The molecular formula is C14H17Cl2N3. The van der Waals surface area contributed by atoms with Crippen LogP contribution in [-0.2, 0) is 13.1 Å². The first-order valence-electron chi connectivity index (χ1n) is 6.24. The van der Waals surface area contributed by atoms with Crippen molar-refractivity contribution in [3.8, 4) is 0 Å². The van der Waals surface area contributed by atoms with Crippen molar-refractivity contribution in [3.63, 3.8) is 0 Å². The van der Waals surface area contributed by atoms with E-state index in [-0.39, 0.29) is 0 Å². The minimum absolute atomic E-state index is 0.607. The SMILES string of the molecule is CCn1nc(C)c(Cl)c1CNc1ccc(C)cc1Cl. The molecule has 0 bridgehead atoms. The average Bonchev–Trinajstić information content (AvgIpc) is 2.65. The molecule has 0 saturated heterocycles. The lowest BCUT2D eigenvalue weighted by atomic mass is 10.2. The Morgan fingerprint density at radius 3 is 2.63 bits per heavy atom. The molecule has 2 rings (SSSR count). The molecule has 1 aromatic heterocycles. The van der Waals surface area contributed by atoms with E-state index in [0.717, 1.165) is 39.2 Å². The molecule has 5 heteroatoms. The third-order valence-corrected chi connectivity index (χ3v) is 3.83. The molecule has 0 spiro atoms. The molecule has 3 nitrogen and oxygen atoms in total.